The molecule has 1 atom stereocenters. The van der Waals surface area contributed by atoms with Gasteiger partial charge in [0.25, 0.3) is 5.56 Å². The van der Waals surface area contributed by atoms with E-state index in [0.717, 1.165) is 34.3 Å². The lowest BCUT2D eigenvalue weighted by Crippen LogP contribution is -2.45. The van der Waals surface area contributed by atoms with Crippen molar-refractivity contribution in [3.05, 3.63) is 62.9 Å². The van der Waals surface area contributed by atoms with E-state index < -0.39 is 11.6 Å². The number of carbonyl (C=O) groups excluding carboxylic acids is 1. The minimum Gasteiger partial charge on any atom is -0.458 e. The second-order valence-electron chi connectivity index (χ2n) is 7.56. The second kappa shape index (κ2) is 6.26. The summed E-state index contributed by atoms with van der Waals surface area (Å²) in [5, 5.41) is 1.12. The van der Waals surface area contributed by atoms with Crippen LogP contribution in [-0.4, -0.2) is 22.6 Å². The van der Waals surface area contributed by atoms with Gasteiger partial charge in [0.05, 0.1) is 29.0 Å². The predicted molar refractivity (Wildman–Crippen MR) is 109 cm³/mol. The van der Waals surface area contributed by atoms with E-state index in [4.69, 9.17) is 14.5 Å². The number of methoxy groups -OCH3 is 1. The molecular weight excluding hydrogens is 368 g/mol. The minimum atomic E-state index is -1.25. The van der Waals surface area contributed by atoms with Gasteiger partial charge < -0.3 is 14.0 Å². The zero-order valence-corrected chi connectivity index (χ0v) is 16.7. The number of ether oxygens (including phenoxy) is 2. The van der Waals surface area contributed by atoms with E-state index in [1.807, 2.05) is 31.2 Å². The van der Waals surface area contributed by atoms with Crippen molar-refractivity contribution in [2.75, 3.05) is 7.11 Å². The van der Waals surface area contributed by atoms with Crippen molar-refractivity contribution in [3.8, 4) is 11.4 Å². The number of nitrogens with zero attached hydrogens (tertiary/aromatic N) is 2. The van der Waals surface area contributed by atoms with Crippen molar-refractivity contribution in [1.29, 1.82) is 0 Å². The number of esters is 1. The number of fused-ring (bicyclic) bond motifs is 5. The van der Waals surface area contributed by atoms with E-state index in [1.54, 1.807) is 4.57 Å². The van der Waals surface area contributed by atoms with E-state index in [2.05, 4.69) is 13.0 Å². The van der Waals surface area contributed by atoms with E-state index in [-0.39, 0.29) is 12.2 Å². The summed E-state index contributed by atoms with van der Waals surface area (Å²) in [4.78, 5) is 30.9. The molecule has 148 valence electrons. The molecule has 5 rings (SSSR count). The molecule has 2 aliphatic rings. The molecule has 0 saturated heterocycles. The fourth-order valence-electron chi connectivity index (χ4n) is 4.84. The SMILES string of the molecule is CCc1c2c(nc3ccccc13)-c1cc3c(c(=O)n1C2)COC(=O)[C@@]3(CC)OC. The average Bonchev–Trinajstić information content (AvgIpc) is 3.11. The van der Waals surface area contributed by atoms with E-state index >= 15 is 0 Å². The summed E-state index contributed by atoms with van der Waals surface area (Å²) in [6, 6.07) is 9.98. The highest BCUT2D eigenvalue weighted by molar-refractivity contribution is 5.89. The summed E-state index contributed by atoms with van der Waals surface area (Å²) in [5.41, 5.74) is 4.48. The van der Waals surface area contributed by atoms with Crippen molar-refractivity contribution in [2.24, 2.45) is 0 Å². The third-order valence-electron chi connectivity index (χ3n) is 6.38. The van der Waals surface area contributed by atoms with Crippen molar-refractivity contribution in [1.82, 2.24) is 9.55 Å². The maximum absolute atomic E-state index is 13.4. The highest BCUT2D eigenvalue weighted by Crippen LogP contribution is 2.41. The van der Waals surface area contributed by atoms with Crippen LogP contribution in [0.2, 0.25) is 0 Å². The predicted octanol–water partition coefficient (Wildman–Crippen LogP) is 3.30. The molecule has 1 aromatic carbocycles. The van der Waals surface area contributed by atoms with Gasteiger partial charge in [0.1, 0.15) is 6.61 Å². The molecule has 0 fully saturated rings. The highest BCUT2D eigenvalue weighted by atomic mass is 16.6. The molecule has 2 aromatic heterocycles. The summed E-state index contributed by atoms with van der Waals surface area (Å²) < 4.78 is 12.7. The molecule has 6 heteroatoms. The largest absolute Gasteiger partial charge is 0.458 e. The van der Waals surface area contributed by atoms with Crippen molar-refractivity contribution in [3.63, 3.8) is 0 Å². The Balaban J connectivity index is 1.84. The van der Waals surface area contributed by atoms with Gasteiger partial charge in [-0.05, 0) is 30.5 Å². The van der Waals surface area contributed by atoms with Gasteiger partial charge in [0, 0.05) is 23.6 Å². The average molecular weight is 390 g/mol. The number of hydrogen-bond donors (Lipinski definition) is 0. The highest BCUT2D eigenvalue weighted by Gasteiger charge is 2.47. The quantitative estimate of drug-likeness (QED) is 0.502. The number of hydrogen-bond acceptors (Lipinski definition) is 5. The van der Waals surface area contributed by atoms with Crippen molar-refractivity contribution in [2.45, 2.75) is 45.4 Å². The first-order valence-corrected chi connectivity index (χ1v) is 9.96. The Morgan fingerprint density at radius 2 is 2.00 bits per heavy atom. The Bertz CT molecular complexity index is 1240. The Morgan fingerprint density at radius 3 is 2.72 bits per heavy atom. The van der Waals surface area contributed by atoms with Crippen LogP contribution >= 0.6 is 0 Å². The summed E-state index contributed by atoms with van der Waals surface area (Å²) in [6.45, 7) is 4.45. The van der Waals surface area contributed by atoms with E-state index in [9.17, 15) is 9.59 Å². The maximum atomic E-state index is 13.4. The minimum absolute atomic E-state index is 0.0230. The number of carbonyl (C=O) groups is 1. The van der Waals surface area contributed by atoms with E-state index in [0.29, 0.717) is 24.1 Å². The van der Waals surface area contributed by atoms with Gasteiger partial charge in [0.15, 0.2) is 5.60 Å². The Hall–Kier alpha value is -2.99. The third kappa shape index (κ3) is 2.23. The van der Waals surface area contributed by atoms with Crippen molar-refractivity contribution >= 4 is 16.9 Å². The normalized spacial score (nSPS) is 19.6. The Labute approximate surface area is 168 Å². The molecular formula is C23H22N2O4. The Morgan fingerprint density at radius 1 is 1.21 bits per heavy atom. The number of rotatable bonds is 3. The lowest BCUT2D eigenvalue weighted by Gasteiger charge is -2.34. The number of aromatic nitrogens is 2. The first-order chi connectivity index (χ1) is 14.1. The molecule has 0 spiro atoms. The van der Waals surface area contributed by atoms with Gasteiger partial charge in [0.2, 0.25) is 0 Å². The van der Waals surface area contributed by atoms with Gasteiger partial charge in [-0.25, -0.2) is 9.78 Å². The molecule has 29 heavy (non-hydrogen) atoms. The first-order valence-electron chi connectivity index (χ1n) is 9.96. The summed E-state index contributed by atoms with van der Waals surface area (Å²) in [5.74, 6) is -0.446. The van der Waals surface area contributed by atoms with Crippen LogP contribution in [0.15, 0.2) is 35.1 Å². The third-order valence-corrected chi connectivity index (χ3v) is 6.38. The molecule has 6 nitrogen and oxygen atoms in total. The molecule has 0 radical (unpaired) electrons. The topological polar surface area (TPSA) is 70.4 Å². The molecule has 0 aliphatic carbocycles. The van der Waals surface area contributed by atoms with Gasteiger partial charge in [-0.1, -0.05) is 32.0 Å². The summed E-state index contributed by atoms with van der Waals surface area (Å²) >= 11 is 0. The van der Waals surface area contributed by atoms with Crippen LogP contribution in [0, 0.1) is 0 Å². The van der Waals surface area contributed by atoms with Crippen LogP contribution < -0.4 is 5.56 Å². The molecule has 0 N–H and O–H groups in total. The molecule has 4 heterocycles. The first kappa shape index (κ1) is 18.1. The molecule has 0 amide bonds. The molecule has 0 bridgehead atoms. The van der Waals surface area contributed by atoms with Crippen LogP contribution in [-0.2, 0) is 39.4 Å². The lowest BCUT2D eigenvalue weighted by molar-refractivity contribution is -0.176. The summed E-state index contributed by atoms with van der Waals surface area (Å²) in [6.07, 6.45) is 1.24. The Kier molecular flexibility index (Phi) is 3.90. The standard InChI is InChI=1S/C23H22N2O4/c1-4-13-14-8-6-7-9-18(14)24-20-15(13)11-25-19(20)10-17-16(21(25)26)12-29-22(27)23(17,5-2)28-3/h6-10H,4-5,11-12H2,1-3H3/t23-/m0/s1. The van der Waals surface area contributed by atoms with Crippen LogP contribution in [0.3, 0.4) is 0 Å². The number of para-hydroxylation sites is 1. The summed E-state index contributed by atoms with van der Waals surface area (Å²) in [7, 11) is 1.49. The molecule has 2 aliphatic heterocycles. The lowest BCUT2D eigenvalue weighted by atomic mass is 9.85. The molecule has 3 aromatic rings. The zero-order valence-electron chi connectivity index (χ0n) is 16.7. The smallest absolute Gasteiger partial charge is 0.343 e. The monoisotopic (exact) mass is 390 g/mol. The number of benzene rings is 1. The maximum Gasteiger partial charge on any atom is 0.343 e. The fourth-order valence-corrected chi connectivity index (χ4v) is 4.84. The number of pyridine rings is 2. The van der Waals surface area contributed by atoms with Crippen LogP contribution in [0.5, 0.6) is 0 Å². The molecule has 0 unspecified atom stereocenters. The van der Waals surface area contributed by atoms with Crippen LogP contribution in [0.4, 0.5) is 0 Å². The van der Waals surface area contributed by atoms with Gasteiger partial charge in [-0.3, -0.25) is 4.79 Å². The number of aryl methyl sites for hydroxylation is 1. The van der Waals surface area contributed by atoms with Gasteiger partial charge >= 0.3 is 5.97 Å². The van der Waals surface area contributed by atoms with Crippen molar-refractivity contribution < 1.29 is 14.3 Å². The van der Waals surface area contributed by atoms with Crippen LogP contribution in [0.25, 0.3) is 22.3 Å². The number of cyclic esters (lactones) is 1. The van der Waals surface area contributed by atoms with Crippen LogP contribution in [0.1, 0.15) is 42.5 Å². The van der Waals surface area contributed by atoms with Gasteiger partial charge in [-0.15, -0.1) is 0 Å². The zero-order chi connectivity index (χ0) is 20.3. The van der Waals surface area contributed by atoms with E-state index in [1.165, 1.54) is 12.7 Å². The fraction of sp³-hybridized carbons (Fsp3) is 0.348. The second-order valence-corrected chi connectivity index (χ2v) is 7.56. The molecule has 0 saturated carbocycles. The van der Waals surface area contributed by atoms with Gasteiger partial charge in [-0.2, -0.15) is 0 Å².